The number of nitro groups is 1. The number of nitrogens with zero attached hydrogens (tertiary/aromatic N) is 3. The molecule has 0 bridgehead atoms. The molecular weight excluding hydrogens is 467 g/mol. The Bertz CT molecular complexity index is 1330. The topological polar surface area (TPSA) is 131 Å². The highest BCUT2D eigenvalue weighted by atomic mass is 32.2. The van der Waals surface area contributed by atoms with Gasteiger partial charge in [-0.15, -0.1) is 0 Å². The Morgan fingerprint density at radius 3 is 2.47 bits per heavy atom. The fourth-order valence-electron chi connectivity index (χ4n) is 2.95. The van der Waals surface area contributed by atoms with Gasteiger partial charge >= 0.3 is 5.69 Å². The van der Waals surface area contributed by atoms with E-state index in [9.17, 15) is 27.7 Å². The van der Waals surface area contributed by atoms with Crippen molar-refractivity contribution in [1.82, 2.24) is 5.43 Å². The molecule has 176 valence electrons. The molecule has 3 aromatic carbocycles. The van der Waals surface area contributed by atoms with Gasteiger partial charge in [-0.2, -0.15) is 5.10 Å². The monoisotopic (exact) mass is 486 g/mol. The summed E-state index contributed by atoms with van der Waals surface area (Å²) in [6, 6.07) is 16.5. The number of rotatable bonds is 9. The van der Waals surface area contributed by atoms with E-state index in [0.717, 1.165) is 12.3 Å². The maximum absolute atomic E-state index is 14.4. The number of hydrazone groups is 1. The second-order valence-corrected chi connectivity index (χ2v) is 8.62. The fourth-order valence-corrected chi connectivity index (χ4v) is 4.40. The minimum atomic E-state index is -4.28. The second kappa shape index (κ2) is 10.5. The molecule has 0 aromatic heterocycles. The second-order valence-electron chi connectivity index (χ2n) is 6.76. The van der Waals surface area contributed by atoms with Crippen LogP contribution in [0, 0.1) is 15.9 Å². The van der Waals surface area contributed by atoms with E-state index in [1.54, 1.807) is 6.07 Å². The maximum atomic E-state index is 14.4. The van der Waals surface area contributed by atoms with E-state index in [1.807, 2.05) is 0 Å². The lowest BCUT2D eigenvalue weighted by atomic mass is 10.2. The summed E-state index contributed by atoms with van der Waals surface area (Å²) in [6.07, 6.45) is 1.14. The fraction of sp³-hybridized carbons (Fsp3) is 0.0909. The number of benzene rings is 3. The maximum Gasteiger partial charge on any atom is 0.311 e. The van der Waals surface area contributed by atoms with Crippen LogP contribution >= 0.6 is 0 Å². The molecule has 1 N–H and O–H groups in total. The third-order valence-corrected chi connectivity index (χ3v) is 6.32. The summed E-state index contributed by atoms with van der Waals surface area (Å²) < 4.78 is 46.3. The third-order valence-electron chi connectivity index (χ3n) is 4.54. The van der Waals surface area contributed by atoms with Gasteiger partial charge in [0.15, 0.2) is 5.75 Å². The predicted molar refractivity (Wildman–Crippen MR) is 123 cm³/mol. The van der Waals surface area contributed by atoms with Gasteiger partial charge in [0.2, 0.25) is 0 Å². The van der Waals surface area contributed by atoms with Crippen LogP contribution in [0.2, 0.25) is 0 Å². The van der Waals surface area contributed by atoms with Crippen molar-refractivity contribution in [2.24, 2.45) is 5.10 Å². The van der Waals surface area contributed by atoms with Crippen LogP contribution in [0.25, 0.3) is 0 Å². The van der Waals surface area contributed by atoms with Crippen LogP contribution in [0.4, 0.5) is 15.8 Å². The summed E-state index contributed by atoms with van der Waals surface area (Å²) in [5.74, 6) is -1.64. The summed E-state index contributed by atoms with van der Waals surface area (Å²) in [7, 11) is -2.99. The number of carbonyl (C=O) groups is 1. The van der Waals surface area contributed by atoms with Crippen molar-refractivity contribution in [2.45, 2.75) is 4.90 Å². The third kappa shape index (κ3) is 5.53. The van der Waals surface area contributed by atoms with E-state index < -0.39 is 33.2 Å². The van der Waals surface area contributed by atoms with Gasteiger partial charge in [-0.1, -0.05) is 30.3 Å². The average molecular weight is 486 g/mol. The van der Waals surface area contributed by atoms with Gasteiger partial charge < -0.3 is 4.74 Å². The molecule has 1 amide bonds. The first kappa shape index (κ1) is 24.3. The number of hydrogen-bond acceptors (Lipinski definition) is 7. The molecule has 0 saturated heterocycles. The predicted octanol–water partition coefficient (Wildman–Crippen LogP) is 3.09. The molecule has 0 saturated carbocycles. The van der Waals surface area contributed by atoms with Crippen LogP contribution in [0.3, 0.4) is 0 Å². The molecule has 0 aliphatic rings. The normalized spacial score (nSPS) is 11.2. The van der Waals surface area contributed by atoms with E-state index in [2.05, 4.69) is 10.5 Å². The molecule has 0 atom stereocenters. The van der Waals surface area contributed by atoms with Crippen molar-refractivity contribution in [1.29, 1.82) is 0 Å². The average Bonchev–Trinajstić information content (AvgIpc) is 2.83. The number of nitro benzene ring substituents is 1. The Hall–Kier alpha value is -4.32. The lowest BCUT2D eigenvalue weighted by Crippen LogP contribution is -2.40. The number of amides is 1. The molecule has 0 radical (unpaired) electrons. The van der Waals surface area contributed by atoms with Crippen molar-refractivity contribution >= 4 is 33.5 Å². The van der Waals surface area contributed by atoms with E-state index in [-0.39, 0.29) is 27.6 Å². The largest absolute Gasteiger partial charge is 0.490 e. The van der Waals surface area contributed by atoms with Gasteiger partial charge in [0.05, 0.1) is 28.8 Å². The van der Waals surface area contributed by atoms with Gasteiger partial charge in [-0.05, 0) is 36.4 Å². The lowest BCUT2D eigenvalue weighted by molar-refractivity contribution is -0.385. The Kier molecular flexibility index (Phi) is 7.53. The number of nitrogens with one attached hydrogen (secondary N) is 1. The van der Waals surface area contributed by atoms with Gasteiger partial charge in [-0.25, -0.2) is 18.2 Å². The quantitative estimate of drug-likeness (QED) is 0.281. The molecule has 0 aliphatic carbocycles. The van der Waals surface area contributed by atoms with E-state index in [4.69, 9.17) is 4.74 Å². The van der Waals surface area contributed by atoms with Crippen molar-refractivity contribution in [3.05, 3.63) is 94.3 Å². The summed E-state index contributed by atoms with van der Waals surface area (Å²) >= 11 is 0. The molecule has 12 heteroatoms. The highest BCUT2D eigenvalue weighted by Crippen LogP contribution is 2.27. The van der Waals surface area contributed by atoms with Crippen molar-refractivity contribution in [3.63, 3.8) is 0 Å². The highest BCUT2D eigenvalue weighted by Gasteiger charge is 2.29. The smallest absolute Gasteiger partial charge is 0.311 e. The van der Waals surface area contributed by atoms with Gasteiger partial charge in [0, 0.05) is 11.6 Å². The molecule has 3 aromatic rings. The highest BCUT2D eigenvalue weighted by molar-refractivity contribution is 7.92. The summed E-state index contributed by atoms with van der Waals surface area (Å²) in [4.78, 5) is 22.9. The molecule has 34 heavy (non-hydrogen) atoms. The molecule has 0 aliphatic heterocycles. The Balaban J connectivity index is 1.82. The zero-order chi connectivity index (χ0) is 24.7. The first-order chi connectivity index (χ1) is 16.2. The zero-order valence-corrected chi connectivity index (χ0v) is 18.6. The van der Waals surface area contributed by atoms with Crippen molar-refractivity contribution in [2.75, 3.05) is 18.0 Å². The number of ether oxygens (including phenoxy) is 1. The number of carbonyl (C=O) groups excluding carboxylic acids is 1. The number of anilines is 1. The summed E-state index contributed by atoms with van der Waals surface area (Å²) in [5, 5.41) is 14.8. The van der Waals surface area contributed by atoms with Crippen molar-refractivity contribution < 1.29 is 27.3 Å². The molecule has 3 rings (SSSR count). The van der Waals surface area contributed by atoms with E-state index >= 15 is 0 Å². The standard InChI is InChI=1S/C22H19FN4O6S/c1-33-21-12-11-16(13-20(21)27(29)30)14-24-25-22(28)15-26(19-10-6-5-9-18(19)23)34(31,32)17-7-3-2-4-8-17/h2-14H,15H2,1H3,(H,25,28)/b24-14-. The first-order valence-corrected chi connectivity index (χ1v) is 11.1. The number of hydrogen-bond donors (Lipinski definition) is 1. The van der Waals surface area contributed by atoms with Gasteiger partial charge in [0.1, 0.15) is 12.4 Å². The van der Waals surface area contributed by atoms with Crippen LogP contribution in [-0.4, -0.2) is 39.1 Å². The van der Waals surface area contributed by atoms with Gasteiger partial charge in [-0.3, -0.25) is 19.2 Å². The molecule has 0 unspecified atom stereocenters. The molecule has 0 heterocycles. The van der Waals surface area contributed by atoms with Crippen LogP contribution in [0.5, 0.6) is 5.75 Å². The molecule has 10 nitrogen and oxygen atoms in total. The number of para-hydroxylation sites is 1. The van der Waals surface area contributed by atoms with E-state index in [1.165, 1.54) is 67.8 Å². The minimum absolute atomic E-state index is 0.0535. The van der Waals surface area contributed by atoms with Crippen LogP contribution in [-0.2, 0) is 14.8 Å². The molecule has 0 spiro atoms. The van der Waals surface area contributed by atoms with Crippen LogP contribution in [0.1, 0.15) is 5.56 Å². The Labute approximate surface area is 194 Å². The Morgan fingerprint density at radius 2 is 1.82 bits per heavy atom. The van der Waals surface area contributed by atoms with Crippen LogP contribution in [0.15, 0.2) is 82.8 Å². The van der Waals surface area contributed by atoms with Gasteiger partial charge in [0.25, 0.3) is 15.9 Å². The molecule has 0 fully saturated rings. The lowest BCUT2D eigenvalue weighted by Gasteiger charge is -2.24. The SMILES string of the molecule is COc1ccc(/C=N\NC(=O)CN(c2ccccc2F)S(=O)(=O)c2ccccc2)cc1[N+](=O)[O-]. The Morgan fingerprint density at radius 1 is 1.15 bits per heavy atom. The van der Waals surface area contributed by atoms with E-state index in [0.29, 0.717) is 4.31 Å². The van der Waals surface area contributed by atoms with Crippen LogP contribution < -0.4 is 14.5 Å². The number of sulfonamides is 1. The number of methoxy groups -OCH3 is 1. The van der Waals surface area contributed by atoms with Crippen molar-refractivity contribution in [3.8, 4) is 5.75 Å². The zero-order valence-electron chi connectivity index (χ0n) is 17.8. The number of halogens is 1. The minimum Gasteiger partial charge on any atom is -0.490 e. The molecular formula is C22H19FN4O6S. The summed E-state index contributed by atoms with van der Waals surface area (Å²) in [5.41, 5.74) is 1.84. The first-order valence-electron chi connectivity index (χ1n) is 9.70. The summed E-state index contributed by atoms with van der Waals surface area (Å²) in [6.45, 7) is -0.766.